The summed E-state index contributed by atoms with van der Waals surface area (Å²) in [5.74, 6) is 0.226. The molecule has 0 saturated carbocycles. The minimum atomic E-state index is -0.548. The lowest BCUT2D eigenvalue weighted by molar-refractivity contribution is -0.134. The van der Waals surface area contributed by atoms with Gasteiger partial charge in [-0.1, -0.05) is 25.4 Å². The Morgan fingerprint density at radius 3 is 2.52 bits per heavy atom. The molecule has 2 amide bonds. The Morgan fingerprint density at radius 2 is 2.00 bits per heavy atom. The lowest BCUT2D eigenvalue weighted by atomic mass is 9.96. The van der Waals surface area contributed by atoms with Crippen molar-refractivity contribution in [2.75, 3.05) is 12.0 Å². The predicted molar refractivity (Wildman–Crippen MR) is 81.7 cm³/mol. The van der Waals surface area contributed by atoms with Crippen molar-refractivity contribution in [2.45, 2.75) is 32.9 Å². The van der Waals surface area contributed by atoms with E-state index in [9.17, 15) is 9.59 Å². The van der Waals surface area contributed by atoms with Crippen LogP contribution in [0.15, 0.2) is 18.2 Å². The molecule has 0 radical (unpaired) electrons. The highest BCUT2D eigenvalue weighted by Crippen LogP contribution is 2.32. The van der Waals surface area contributed by atoms with E-state index >= 15 is 0 Å². The third-order valence-corrected chi connectivity index (χ3v) is 3.85. The predicted octanol–water partition coefficient (Wildman–Crippen LogP) is 2.22. The average molecular weight is 311 g/mol. The highest BCUT2D eigenvalue weighted by molar-refractivity contribution is 6.32. The highest BCUT2D eigenvalue weighted by atomic mass is 35.5. The van der Waals surface area contributed by atoms with Crippen LogP contribution in [0.5, 0.6) is 5.75 Å². The molecule has 6 heteroatoms. The SMILES string of the molecule is COc1ccc(N2C(=O)C(C)NC(=O)C2C(C)C)cc1Cl. The van der Waals surface area contributed by atoms with Gasteiger partial charge in [-0.05, 0) is 31.0 Å². The van der Waals surface area contributed by atoms with Gasteiger partial charge in [0.2, 0.25) is 11.8 Å². The van der Waals surface area contributed by atoms with Gasteiger partial charge in [0.1, 0.15) is 17.8 Å². The van der Waals surface area contributed by atoms with E-state index in [0.29, 0.717) is 16.5 Å². The summed E-state index contributed by atoms with van der Waals surface area (Å²) in [6.07, 6.45) is 0. The van der Waals surface area contributed by atoms with Crippen LogP contribution >= 0.6 is 11.6 Å². The molecule has 2 atom stereocenters. The second-order valence-corrected chi connectivity index (χ2v) is 5.85. The molecule has 5 nitrogen and oxygen atoms in total. The maximum atomic E-state index is 12.5. The van der Waals surface area contributed by atoms with Gasteiger partial charge in [0.25, 0.3) is 0 Å². The van der Waals surface area contributed by atoms with Gasteiger partial charge < -0.3 is 10.1 Å². The van der Waals surface area contributed by atoms with Gasteiger partial charge in [0.05, 0.1) is 12.1 Å². The number of rotatable bonds is 3. The number of methoxy groups -OCH3 is 1. The van der Waals surface area contributed by atoms with Crippen molar-refractivity contribution in [3.8, 4) is 5.75 Å². The molecule has 1 aromatic rings. The first kappa shape index (κ1) is 15.6. The number of carbonyl (C=O) groups excluding carboxylic acids is 2. The third-order valence-electron chi connectivity index (χ3n) is 3.56. The van der Waals surface area contributed by atoms with Crippen LogP contribution in [0.3, 0.4) is 0 Å². The molecule has 0 bridgehead atoms. The Kier molecular flexibility index (Phi) is 4.42. The number of amides is 2. The normalized spacial score (nSPS) is 22.5. The van der Waals surface area contributed by atoms with Crippen molar-refractivity contribution in [3.63, 3.8) is 0 Å². The van der Waals surface area contributed by atoms with E-state index in [-0.39, 0.29) is 17.7 Å². The van der Waals surface area contributed by atoms with Gasteiger partial charge in [0.15, 0.2) is 0 Å². The number of nitrogens with one attached hydrogen (secondary N) is 1. The van der Waals surface area contributed by atoms with E-state index in [1.807, 2.05) is 13.8 Å². The van der Waals surface area contributed by atoms with Crippen LogP contribution in [-0.4, -0.2) is 31.0 Å². The second-order valence-electron chi connectivity index (χ2n) is 5.45. The Labute approximate surface area is 129 Å². The van der Waals surface area contributed by atoms with E-state index in [0.717, 1.165) is 0 Å². The molecular weight excluding hydrogens is 292 g/mol. The molecule has 1 fully saturated rings. The first-order chi connectivity index (χ1) is 9.86. The van der Waals surface area contributed by atoms with Crippen molar-refractivity contribution in [2.24, 2.45) is 5.92 Å². The molecule has 1 aliphatic rings. The van der Waals surface area contributed by atoms with Gasteiger partial charge in [-0.15, -0.1) is 0 Å². The second kappa shape index (κ2) is 5.93. The average Bonchev–Trinajstić information content (AvgIpc) is 2.41. The first-order valence-electron chi connectivity index (χ1n) is 6.83. The molecule has 21 heavy (non-hydrogen) atoms. The zero-order chi connectivity index (χ0) is 15.7. The number of ether oxygens (including phenoxy) is 1. The van der Waals surface area contributed by atoms with Crippen molar-refractivity contribution < 1.29 is 14.3 Å². The van der Waals surface area contributed by atoms with Crippen molar-refractivity contribution in [1.29, 1.82) is 0 Å². The molecule has 1 aliphatic heterocycles. The quantitative estimate of drug-likeness (QED) is 0.931. The molecule has 1 aromatic carbocycles. The molecule has 0 spiro atoms. The number of piperazine rings is 1. The summed E-state index contributed by atoms with van der Waals surface area (Å²) in [5, 5.41) is 3.12. The number of halogens is 1. The summed E-state index contributed by atoms with van der Waals surface area (Å²) >= 11 is 6.13. The minimum Gasteiger partial charge on any atom is -0.495 e. The Bertz CT molecular complexity index is 574. The summed E-state index contributed by atoms with van der Waals surface area (Å²) in [5.41, 5.74) is 0.603. The number of benzene rings is 1. The Hall–Kier alpha value is -1.75. The van der Waals surface area contributed by atoms with Crippen LogP contribution < -0.4 is 15.0 Å². The number of carbonyl (C=O) groups is 2. The maximum Gasteiger partial charge on any atom is 0.250 e. The fraction of sp³-hybridized carbons (Fsp3) is 0.467. The largest absolute Gasteiger partial charge is 0.495 e. The molecule has 2 rings (SSSR count). The fourth-order valence-electron chi connectivity index (χ4n) is 2.52. The number of hydrogen-bond acceptors (Lipinski definition) is 3. The van der Waals surface area contributed by atoms with Gasteiger partial charge in [0, 0.05) is 5.69 Å². The summed E-state index contributed by atoms with van der Waals surface area (Å²) < 4.78 is 5.12. The van der Waals surface area contributed by atoms with E-state index in [1.54, 1.807) is 25.1 Å². The molecule has 1 N–H and O–H groups in total. The Morgan fingerprint density at radius 1 is 1.33 bits per heavy atom. The summed E-state index contributed by atoms with van der Waals surface area (Å²) in [6.45, 7) is 5.49. The molecular formula is C15H19ClN2O3. The molecule has 0 aliphatic carbocycles. The molecule has 1 saturated heterocycles. The lowest BCUT2D eigenvalue weighted by Crippen LogP contribution is -2.64. The lowest BCUT2D eigenvalue weighted by Gasteiger charge is -2.40. The zero-order valence-corrected chi connectivity index (χ0v) is 13.3. The number of anilines is 1. The van der Waals surface area contributed by atoms with E-state index in [1.165, 1.54) is 12.0 Å². The summed E-state index contributed by atoms with van der Waals surface area (Å²) in [6, 6.07) is 3.99. The molecule has 114 valence electrons. The monoisotopic (exact) mass is 310 g/mol. The summed E-state index contributed by atoms with van der Waals surface area (Å²) in [7, 11) is 1.53. The van der Waals surface area contributed by atoms with Crippen LogP contribution in [0.4, 0.5) is 5.69 Å². The van der Waals surface area contributed by atoms with Crippen LogP contribution in [0.2, 0.25) is 5.02 Å². The van der Waals surface area contributed by atoms with E-state index in [4.69, 9.17) is 16.3 Å². The van der Waals surface area contributed by atoms with Crippen LogP contribution in [0.25, 0.3) is 0 Å². The van der Waals surface area contributed by atoms with Crippen LogP contribution in [0, 0.1) is 5.92 Å². The maximum absolute atomic E-state index is 12.5. The van der Waals surface area contributed by atoms with Gasteiger partial charge in [-0.2, -0.15) is 0 Å². The standard InChI is InChI=1S/C15H19ClN2O3/c1-8(2)13-14(19)17-9(3)15(20)18(13)10-5-6-12(21-4)11(16)7-10/h5-9,13H,1-4H3,(H,17,19). The third kappa shape index (κ3) is 2.83. The Balaban J connectivity index is 2.47. The van der Waals surface area contributed by atoms with Gasteiger partial charge in [-0.3, -0.25) is 14.5 Å². The van der Waals surface area contributed by atoms with Crippen LogP contribution in [-0.2, 0) is 9.59 Å². The zero-order valence-electron chi connectivity index (χ0n) is 12.5. The molecule has 0 aromatic heterocycles. The minimum absolute atomic E-state index is 0.0117. The fourth-order valence-corrected chi connectivity index (χ4v) is 2.77. The number of nitrogens with zero attached hydrogens (tertiary/aromatic N) is 1. The topological polar surface area (TPSA) is 58.6 Å². The van der Waals surface area contributed by atoms with Crippen molar-refractivity contribution >= 4 is 29.1 Å². The van der Waals surface area contributed by atoms with E-state index < -0.39 is 12.1 Å². The van der Waals surface area contributed by atoms with Crippen molar-refractivity contribution in [3.05, 3.63) is 23.2 Å². The van der Waals surface area contributed by atoms with Gasteiger partial charge >= 0.3 is 0 Å². The summed E-state index contributed by atoms with van der Waals surface area (Å²) in [4.78, 5) is 26.2. The molecule has 1 heterocycles. The number of hydrogen-bond donors (Lipinski definition) is 1. The highest BCUT2D eigenvalue weighted by Gasteiger charge is 2.41. The molecule has 2 unspecified atom stereocenters. The smallest absolute Gasteiger partial charge is 0.250 e. The van der Waals surface area contributed by atoms with Gasteiger partial charge in [-0.25, -0.2) is 0 Å². The first-order valence-corrected chi connectivity index (χ1v) is 7.21. The van der Waals surface area contributed by atoms with E-state index in [2.05, 4.69) is 5.32 Å². The van der Waals surface area contributed by atoms with Crippen molar-refractivity contribution in [1.82, 2.24) is 5.32 Å². The van der Waals surface area contributed by atoms with Crippen LogP contribution in [0.1, 0.15) is 20.8 Å².